The molecule has 1 unspecified atom stereocenters. The molecule has 2 aromatic carbocycles. The highest BCUT2D eigenvalue weighted by Crippen LogP contribution is 2.37. The van der Waals surface area contributed by atoms with Crippen molar-refractivity contribution in [3.63, 3.8) is 0 Å². The molecule has 2 aromatic heterocycles. The number of aromatic amines is 1. The molecule has 3 N–H and O–H groups in total. The molecule has 9 heteroatoms. The number of rotatable bonds is 4. The van der Waals surface area contributed by atoms with Crippen LogP contribution in [0.25, 0.3) is 22.0 Å². The normalized spacial score (nSPS) is 16.7. The number of nitrogens with zero attached hydrogens (tertiary/aromatic N) is 3. The number of hydrogen-bond acceptors (Lipinski definition) is 5. The average Bonchev–Trinajstić information content (AvgIpc) is 3.39. The van der Waals surface area contributed by atoms with Gasteiger partial charge in [0.25, 0.3) is 5.56 Å². The van der Waals surface area contributed by atoms with Gasteiger partial charge in [-0.1, -0.05) is 29.8 Å². The lowest BCUT2D eigenvalue weighted by Crippen LogP contribution is -2.19. The third-order valence-electron chi connectivity index (χ3n) is 5.85. The molecular formula is C23H21ClFN5O2. The van der Waals surface area contributed by atoms with E-state index in [1.165, 1.54) is 12.1 Å². The van der Waals surface area contributed by atoms with Gasteiger partial charge >= 0.3 is 0 Å². The Balaban J connectivity index is 1.56. The first kappa shape index (κ1) is 20.5. The Morgan fingerprint density at radius 2 is 2.03 bits per heavy atom. The first-order chi connectivity index (χ1) is 15.4. The molecule has 0 saturated carbocycles. The first-order valence-corrected chi connectivity index (χ1v) is 10.6. The second-order valence-corrected chi connectivity index (χ2v) is 8.40. The molecule has 4 aromatic rings. The van der Waals surface area contributed by atoms with Gasteiger partial charge in [-0.3, -0.25) is 4.79 Å². The zero-order valence-corrected chi connectivity index (χ0v) is 18.1. The van der Waals surface area contributed by atoms with Gasteiger partial charge < -0.3 is 19.9 Å². The van der Waals surface area contributed by atoms with E-state index < -0.39 is 5.82 Å². The minimum absolute atomic E-state index is 0.0242. The van der Waals surface area contributed by atoms with Crippen molar-refractivity contribution in [1.29, 1.82) is 0 Å². The van der Waals surface area contributed by atoms with Crippen molar-refractivity contribution in [2.75, 3.05) is 25.9 Å². The van der Waals surface area contributed by atoms with E-state index >= 15 is 0 Å². The van der Waals surface area contributed by atoms with E-state index in [9.17, 15) is 9.18 Å². The fraction of sp³-hybridized carbons (Fsp3) is 0.217. The number of halogens is 2. The van der Waals surface area contributed by atoms with Crippen LogP contribution < -0.4 is 16.0 Å². The summed E-state index contributed by atoms with van der Waals surface area (Å²) in [4.78, 5) is 14.9. The Bertz CT molecular complexity index is 1350. The fourth-order valence-electron chi connectivity index (χ4n) is 4.28. The molecule has 1 fully saturated rings. The van der Waals surface area contributed by atoms with Crippen molar-refractivity contribution >= 4 is 28.3 Å². The van der Waals surface area contributed by atoms with Crippen molar-refractivity contribution < 1.29 is 9.13 Å². The van der Waals surface area contributed by atoms with Crippen molar-refractivity contribution in [3.05, 3.63) is 69.9 Å². The number of likely N-dealkylation sites (tertiary alicyclic amines) is 1. The highest BCUT2D eigenvalue weighted by atomic mass is 35.5. The molecule has 32 heavy (non-hydrogen) atoms. The molecule has 5 rings (SSSR count). The van der Waals surface area contributed by atoms with Gasteiger partial charge in [-0.2, -0.15) is 5.10 Å². The molecule has 0 aliphatic carbocycles. The lowest BCUT2D eigenvalue weighted by Gasteiger charge is -2.13. The summed E-state index contributed by atoms with van der Waals surface area (Å²) < 4.78 is 21.7. The number of likely N-dealkylation sites (N-methyl/N-ethyl adjacent to an activating group) is 1. The van der Waals surface area contributed by atoms with E-state index in [1.807, 2.05) is 22.9 Å². The summed E-state index contributed by atoms with van der Waals surface area (Å²) in [6.07, 6.45) is 2.91. The van der Waals surface area contributed by atoms with Crippen molar-refractivity contribution in [2.24, 2.45) is 0 Å². The lowest BCUT2D eigenvalue weighted by molar-refractivity contribution is 0.395. The molecular weight excluding hydrogens is 433 g/mol. The standard InChI is InChI=1S/C23H21ClFN5O2/c1-29-10-9-14(11-29)30-12-16(19-20(30)23(31)28-27-22(19)26)13-5-7-15(8-6-13)32-21-17(24)3-2-4-18(21)25/h2-8,12,14H,9-11H2,1H3,(H2,26,27)(H,28,31). The SMILES string of the molecule is CN1CCC(n2cc(-c3ccc(Oc4c(F)cccc4Cl)cc3)c3c(N)n[nH]c(=O)c32)C1. The summed E-state index contributed by atoms with van der Waals surface area (Å²) in [6.45, 7) is 1.81. The summed E-state index contributed by atoms with van der Waals surface area (Å²) in [5, 5.41) is 7.28. The number of benzene rings is 2. The van der Waals surface area contributed by atoms with E-state index in [1.54, 1.807) is 18.2 Å². The molecule has 0 bridgehead atoms. The second-order valence-electron chi connectivity index (χ2n) is 7.99. The van der Waals surface area contributed by atoms with Crippen LogP contribution in [-0.4, -0.2) is 39.8 Å². The Labute approximate surface area is 188 Å². The van der Waals surface area contributed by atoms with Gasteiger partial charge in [0.2, 0.25) is 0 Å². The van der Waals surface area contributed by atoms with Crippen molar-refractivity contribution in [3.8, 4) is 22.6 Å². The number of nitrogen functional groups attached to an aromatic ring is 1. The molecule has 1 atom stereocenters. The maximum absolute atomic E-state index is 14.0. The Morgan fingerprint density at radius 1 is 1.25 bits per heavy atom. The summed E-state index contributed by atoms with van der Waals surface area (Å²) in [7, 11) is 2.06. The number of ether oxygens (including phenoxy) is 1. The quantitative estimate of drug-likeness (QED) is 0.477. The number of anilines is 1. The Hall–Kier alpha value is -3.36. The molecule has 1 aliphatic rings. The van der Waals surface area contributed by atoms with Crippen LogP contribution >= 0.6 is 11.6 Å². The summed E-state index contributed by atoms with van der Waals surface area (Å²) >= 11 is 6.05. The van der Waals surface area contributed by atoms with Crippen molar-refractivity contribution in [2.45, 2.75) is 12.5 Å². The average molecular weight is 454 g/mol. The van der Waals surface area contributed by atoms with Gasteiger partial charge in [0.15, 0.2) is 17.4 Å². The van der Waals surface area contributed by atoms with Gasteiger partial charge in [0.1, 0.15) is 11.3 Å². The number of nitrogens with two attached hydrogens (primary N) is 1. The molecule has 3 heterocycles. The third kappa shape index (κ3) is 3.51. The van der Waals surface area contributed by atoms with Crippen LogP contribution in [0.2, 0.25) is 5.02 Å². The van der Waals surface area contributed by atoms with Gasteiger partial charge in [0.05, 0.1) is 10.4 Å². The monoisotopic (exact) mass is 453 g/mol. The van der Waals surface area contributed by atoms with E-state index in [0.29, 0.717) is 16.7 Å². The zero-order valence-electron chi connectivity index (χ0n) is 17.3. The number of nitrogens with one attached hydrogen (secondary N) is 1. The number of hydrogen-bond donors (Lipinski definition) is 2. The molecule has 0 radical (unpaired) electrons. The molecule has 164 valence electrons. The minimum Gasteiger partial charge on any atom is -0.453 e. The summed E-state index contributed by atoms with van der Waals surface area (Å²) in [6, 6.07) is 11.7. The van der Waals surface area contributed by atoms with Crippen LogP contribution in [0.15, 0.2) is 53.5 Å². The number of fused-ring (bicyclic) bond motifs is 1. The summed E-state index contributed by atoms with van der Waals surface area (Å²) in [5.41, 5.74) is 8.07. The lowest BCUT2D eigenvalue weighted by atomic mass is 10.1. The molecule has 1 saturated heterocycles. The van der Waals surface area contributed by atoms with Crippen LogP contribution in [0.4, 0.5) is 10.2 Å². The van der Waals surface area contributed by atoms with Gasteiger partial charge in [0, 0.05) is 24.3 Å². The van der Waals surface area contributed by atoms with E-state index in [2.05, 4.69) is 22.1 Å². The highest BCUT2D eigenvalue weighted by Gasteiger charge is 2.26. The molecule has 1 aliphatic heterocycles. The number of H-pyrrole nitrogens is 1. The second kappa shape index (κ2) is 7.96. The maximum atomic E-state index is 14.0. The third-order valence-corrected chi connectivity index (χ3v) is 6.14. The van der Waals surface area contributed by atoms with Gasteiger partial charge in [-0.15, -0.1) is 0 Å². The summed E-state index contributed by atoms with van der Waals surface area (Å²) in [5.74, 6) is 0.136. The van der Waals surface area contributed by atoms with E-state index in [4.69, 9.17) is 22.1 Å². The smallest absolute Gasteiger partial charge is 0.288 e. The minimum atomic E-state index is -0.538. The zero-order chi connectivity index (χ0) is 22.4. The predicted octanol–water partition coefficient (Wildman–Crippen LogP) is 4.44. The predicted molar refractivity (Wildman–Crippen MR) is 123 cm³/mol. The van der Waals surface area contributed by atoms with E-state index in [0.717, 1.165) is 30.6 Å². The maximum Gasteiger partial charge on any atom is 0.288 e. The van der Waals surface area contributed by atoms with Crippen LogP contribution in [0, 0.1) is 5.82 Å². The van der Waals surface area contributed by atoms with Gasteiger partial charge in [-0.25, -0.2) is 9.49 Å². The van der Waals surface area contributed by atoms with Gasteiger partial charge in [-0.05, 0) is 49.8 Å². The molecule has 7 nitrogen and oxygen atoms in total. The number of para-hydroxylation sites is 1. The number of aromatic nitrogens is 3. The fourth-order valence-corrected chi connectivity index (χ4v) is 4.48. The van der Waals surface area contributed by atoms with Crippen LogP contribution in [0.1, 0.15) is 12.5 Å². The molecule has 0 amide bonds. The highest BCUT2D eigenvalue weighted by molar-refractivity contribution is 6.32. The van der Waals surface area contributed by atoms with Crippen LogP contribution in [-0.2, 0) is 0 Å². The largest absolute Gasteiger partial charge is 0.453 e. The van der Waals surface area contributed by atoms with Crippen molar-refractivity contribution in [1.82, 2.24) is 19.7 Å². The Kier molecular flexibility index (Phi) is 5.11. The topological polar surface area (TPSA) is 89.2 Å². The van der Waals surface area contributed by atoms with Crippen LogP contribution in [0.3, 0.4) is 0 Å². The Morgan fingerprint density at radius 3 is 2.72 bits per heavy atom. The van der Waals surface area contributed by atoms with Crippen LogP contribution in [0.5, 0.6) is 11.5 Å². The molecule has 0 spiro atoms. The van der Waals surface area contributed by atoms with E-state index in [-0.39, 0.29) is 28.2 Å². The first-order valence-electron chi connectivity index (χ1n) is 10.2.